The molecule has 2 aromatic carbocycles. The van der Waals surface area contributed by atoms with Gasteiger partial charge < -0.3 is 5.32 Å². The maximum atomic E-state index is 11.7. The van der Waals surface area contributed by atoms with Gasteiger partial charge in [-0.05, 0) is 67.9 Å². The van der Waals surface area contributed by atoms with Crippen molar-refractivity contribution in [1.29, 1.82) is 0 Å². The van der Waals surface area contributed by atoms with Crippen molar-refractivity contribution in [2.75, 3.05) is 24.7 Å². The number of piperidine rings is 1. The Bertz CT molecular complexity index is 1380. The number of fused-ring (bicyclic) bond motifs is 1. The Morgan fingerprint density at radius 3 is 2.41 bits per heavy atom. The van der Waals surface area contributed by atoms with Crippen LogP contribution in [0.1, 0.15) is 30.0 Å². The van der Waals surface area contributed by atoms with Crippen LogP contribution in [0.3, 0.4) is 0 Å². The zero-order valence-corrected chi connectivity index (χ0v) is 20.0. The Morgan fingerprint density at radius 2 is 1.71 bits per heavy atom. The third-order valence-electron chi connectivity index (χ3n) is 6.46. The maximum absolute atomic E-state index is 11.7. The van der Waals surface area contributed by atoms with Crippen LogP contribution in [-0.2, 0) is 16.4 Å². The number of nitrogens with one attached hydrogen (secondary N) is 1. The van der Waals surface area contributed by atoms with E-state index in [0.717, 1.165) is 60.4 Å². The van der Waals surface area contributed by atoms with Gasteiger partial charge in [0.05, 0.1) is 10.6 Å². The summed E-state index contributed by atoms with van der Waals surface area (Å²) in [6.07, 6.45) is 7.12. The summed E-state index contributed by atoms with van der Waals surface area (Å²) in [6.45, 7) is 3.10. The molecule has 2 aromatic heterocycles. The van der Waals surface area contributed by atoms with Crippen LogP contribution in [0.15, 0.2) is 84.0 Å². The first-order chi connectivity index (χ1) is 16.5. The van der Waals surface area contributed by atoms with Crippen molar-refractivity contribution in [2.24, 2.45) is 0 Å². The van der Waals surface area contributed by atoms with Gasteiger partial charge in [-0.2, -0.15) is 0 Å². The van der Waals surface area contributed by atoms with E-state index in [1.54, 1.807) is 24.3 Å². The van der Waals surface area contributed by atoms with E-state index >= 15 is 0 Å². The largest absolute Gasteiger partial charge is 0.340 e. The molecule has 174 valence electrons. The van der Waals surface area contributed by atoms with E-state index in [2.05, 4.69) is 51.6 Å². The van der Waals surface area contributed by atoms with Crippen LogP contribution in [0.25, 0.3) is 10.8 Å². The molecular weight excluding hydrogens is 444 g/mol. The number of hydrogen-bond donors (Lipinski definition) is 1. The SMILES string of the molecule is CS(=O)(=O)c1ccc(Nc2cc3c(C4CCN(Cc5ccccc5)CC4)nccc3cn2)cc1. The average Bonchev–Trinajstić information content (AvgIpc) is 2.85. The predicted octanol–water partition coefficient (Wildman–Crippen LogP) is 5.16. The molecule has 7 heteroatoms. The van der Waals surface area contributed by atoms with E-state index < -0.39 is 9.84 Å². The Hall–Kier alpha value is -3.29. The van der Waals surface area contributed by atoms with Gasteiger partial charge in [-0.3, -0.25) is 9.88 Å². The first kappa shape index (κ1) is 22.5. The second-order valence-corrected chi connectivity index (χ2v) is 11.0. The Balaban J connectivity index is 1.32. The number of rotatable bonds is 6. The van der Waals surface area contributed by atoms with Crippen LogP contribution in [-0.4, -0.2) is 42.6 Å². The molecule has 3 heterocycles. The summed E-state index contributed by atoms with van der Waals surface area (Å²) in [5.74, 6) is 1.13. The highest BCUT2D eigenvalue weighted by molar-refractivity contribution is 7.90. The molecule has 0 amide bonds. The van der Waals surface area contributed by atoms with E-state index in [-0.39, 0.29) is 0 Å². The number of hydrogen-bond acceptors (Lipinski definition) is 6. The Labute approximate surface area is 200 Å². The van der Waals surface area contributed by atoms with Crippen LogP contribution in [0.4, 0.5) is 11.5 Å². The third kappa shape index (κ3) is 5.11. The molecule has 1 aliphatic rings. The van der Waals surface area contributed by atoms with Gasteiger partial charge in [0.2, 0.25) is 0 Å². The van der Waals surface area contributed by atoms with E-state index in [1.807, 2.05) is 18.5 Å². The fourth-order valence-corrected chi connectivity index (χ4v) is 5.25. The molecule has 1 saturated heterocycles. The lowest BCUT2D eigenvalue weighted by Crippen LogP contribution is -2.32. The lowest BCUT2D eigenvalue weighted by atomic mass is 9.90. The van der Waals surface area contributed by atoms with Crippen molar-refractivity contribution in [2.45, 2.75) is 30.2 Å². The topological polar surface area (TPSA) is 75.2 Å². The molecule has 5 rings (SSSR count). The summed E-state index contributed by atoms with van der Waals surface area (Å²) in [5.41, 5.74) is 3.28. The van der Waals surface area contributed by atoms with Crippen LogP contribution >= 0.6 is 0 Å². The van der Waals surface area contributed by atoms with Crippen LogP contribution in [0, 0.1) is 0 Å². The van der Waals surface area contributed by atoms with Crippen molar-refractivity contribution in [3.63, 3.8) is 0 Å². The normalized spacial score (nSPS) is 15.4. The predicted molar refractivity (Wildman–Crippen MR) is 136 cm³/mol. The second kappa shape index (κ2) is 9.52. The number of pyridine rings is 2. The van der Waals surface area contributed by atoms with Gasteiger partial charge in [0.25, 0.3) is 0 Å². The van der Waals surface area contributed by atoms with E-state index in [9.17, 15) is 8.42 Å². The third-order valence-corrected chi connectivity index (χ3v) is 7.59. The monoisotopic (exact) mass is 472 g/mol. The molecule has 1 fully saturated rings. The van der Waals surface area contributed by atoms with Gasteiger partial charge in [0.15, 0.2) is 9.84 Å². The Kier molecular flexibility index (Phi) is 6.30. The fraction of sp³-hybridized carbons (Fsp3) is 0.259. The fourth-order valence-electron chi connectivity index (χ4n) is 4.62. The van der Waals surface area contributed by atoms with Crippen LogP contribution in [0.5, 0.6) is 0 Å². The summed E-state index contributed by atoms with van der Waals surface area (Å²) in [7, 11) is -3.22. The number of benzene rings is 2. The maximum Gasteiger partial charge on any atom is 0.175 e. The van der Waals surface area contributed by atoms with E-state index in [1.165, 1.54) is 11.8 Å². The molecule has 0 saturated carbocycles. The second-order valence-electron chi connectivity index (χ2n) is 8.94. The number of anilines is 2. The lowest BCUT2D eigenvalue weighted by molar-refractivity contribution is 0.204. The van der Waals surface area contributed by atoms with Gasteiger partial charge in [0, 0.05) is 47.6 Å². The first-order valence-electron chi connectivity index (χ1n) is 11.5. The smallest absolute Gasteiger partial charge is 0.175 e. The standard InChI is InChI=1S/C27H28N4O2S/c1-34(32,33)24-9-7-23(8-10-24)30-26-17-25-22(18-29-26)11-14-28-27(25)21-12-15-31(16-13-21)19-20-5-3-2-4-6-20/h2-11,14,17-18,21H,12-13,15-16,19H2,1H3,(H,29,30). The molecule has 4 aromatic rings. The minimum atomic E-state index is -3.22. The van der Waals surface area contributed by atoms with Crippen molar-refractivity contribution in [3.8, 4) is 0 Å². The molecule has 1 N–H and O–H groups in total. The highest BCUT2D eigenvalue weighted by Gasteiger charge is 2.23. The average molecular weight is 473 g/mol. The highest BCUT2D eigenvalue weighted by atomic mass is 32.2. The first-order valence-corrected chi connectivity index (χ1v) is 13.4. The van der Waals surface area contributed by atoms with Crippen molar-refractivity contribution in [3.05, 3.63) is 90.4 Å². The summed E-state index contributed by atoms with van der Waals surface area (Å²) >= 11 is 0. The number of aromatic nitrogens is 2. The zero-order chi connectivity index (χ0) is 23.5. The number of sulfone groups is 1. The molecule has 0 spiro atoms. The van der Waals surface area contributed by atoms with E-state index in [0.29, 0.717) is 10.8 Å². The van der Waals surface area contributed by atoms with E-state index in [4.69, 9.17) is 4.98 Å². The van der Waals surface area contributed by atoms with Crippen molar-refractivity contribution in [1.82, 2.24) is 14.9 Å². The van der Waals surface area contributed by atoms with Crippen LogP contribution < -0.4 is 5.32 Å². The van der Waals surface area contributed by atoms with Gasteiger partial charge in [-0.1, -0.05) is 30.3 Å². The summed E-state index contributed by atoms with van der Waals surface area (Å²) < 4.78 is 23.4. The molecule has 0 unspecified atom stereocenters. The molecular formula is C27H28N4O2S. The molecule has 6 nitrogen and oxygen atoms in total. The Morgan fingerprint density at radius 1 is 0.971 bits per heavy atom. The van der Waals surface area contributed by atoms with Crippen molar-refractivity contribution < 1.29 is 8.42 Å². The molecule has 0 aliphatic carbocycles. The number of nitrogens with zero attached hydrogens (tertiary/aromatic N) is 3. The van der Waals surface area contributed by atoms with Gasteiger partial charge in [-0.25, -0.2) is 13.4 Å². The van der Waals surface area contributed by atoms with Gasteiger partial charge >= 0.3 is 0 Å². The summed E-state index contributed by atoms with van der Waals surface area (Å²) in [4.78, 5) is 12.2. The quantitative estimate of drug-likeness (QED) is 0.418. The minimum Gasteiger partial charge on any atom is -0.340 e. The molecule has 1 aliphatic heterocycles. The minimum absolute atomic E-state index is 0.301. The molecule has 34 heavy (non-hydrogen) atoms. The molecule has 0 atom stereocenters. The highest BCUT2D eigenvalue weighted by Crippen LogP contribution is 2.33. The zero-order valence-electron chi connectivity index (χ0n) is 19.2. The number of likely N-dealkylation sites (tertiary alicyclic amines) is 1. The van der Waals surface area contributed by atoms with Crippen molar-refractivity contribution >= 4 is 32.1 Å². The van der Waals surface area contributed by atoms with Gasteiger partial charge in [-0.15, -0.1) is 0 Å². The molecule has 0 bridgehead atoms. The summed E-state index contributed by atoms with van der Waals surface area (Å²) in [6, 6.07) is 21.4. The lowest BCUT2D eigenvalue weighted by Gasteiger charge is -2.32. The molecule has 0 radical (unpaired) electrons. The van der Waals surface area contributed by atoms with Crippen LogP contribution in [0.2, 0.25) is 0 Å². The summed E-state index contributed by atoms with van der Waals surface area (Å²) in [5, 5.41) is 5.50. The van der Waals surface area contributed by atoms with Gasteiger partial charge in [0.1, 0.15) is 5.82 Å².